The Labute approximate surface area is 154 Å². The van der Waals surface area contributed by atoms with Gasteiger partial charge in [-0.3, -0.25) is 5.32 Å². The van der Waals surface area contributed by atoms with Gasteiger partial charge in [-0.25, -0.2) is 9.59 Å². The molecule has 0 aliphatic heterocycles. The molecule has 6 heteroatoms. The maximum absolute atomic E-state index is 11.8. The van der Waals surface area contributed by atoms with E-state index in [0.717, 1.165) is 15.6 Å². The van der Waals surface area contributed by atoms with Crippen LogP contribution in [-0.4, -0.2) is 17.2 Å². The number of ether oxygens (including phenoxy) is 1. The minimum Gasteiger partial charge on any atom is -0.477 e. The van der Waals surface area contributed by atoms with Crippen molar-refractivity contribution in [2.24, 2.45) is 0 Å². The fourth-order valence-electron chi connectivity index (χ4n) is 2.10. The second-order valence-electron chi connectivity index (χ2n) is 5.27. The second-order valence-corrected chi connectivity index (χ2v) is 6.19. The molecule has 2 aromatic rings. The molecule has 2 rings (SSSR count). The zero-order chi connectivity index (χ0) is 18.1. The maximum Gasteiger partial charge on any atom is 0.412 e. The van der Waals surface area contributed by atoms with Crippen LogP contribution in [-0.2, 0) is 22.6 Å². The number of carboxylic acids is 1. The van der Waals surface area contributed by atoms with Crippen LogP contribution in [0.15, 0.2) is 70.8 Å². The number of nitrogens with one attached hydrogen (secondary N) is 1. The zero-order valence-corrected chi connectivity index (χ0v) is 15.0. The van der Waals surface area contributed by atoms with Gasteiger partial charge in [-0.1, -0.05) is 64.5 Å². The SMILES string of the molecule is O=C(N/C(=C\CCc1ccc(Br)cc1)C(=O)O)OCc1ccccc1. The van der Waals surface area contributed by atoms with Crippen LogP contribution in [0.4, 0.5) is 4.79 Å². The molecule has 2 N–H and O–H groups in total. The molecule has 0 radical (unpaired) electrons. The first-order chi connectivity index (χ1) is 12.0. The highest BCUT2D eigenvalue weighted by molar-refractivity contribution is 9.10. The van der Waals surface area contributed by atoms with Crippen LogP contribution < -0.4 is 5.32 Å². The number of amides is 1. The summed E-state index contributed by atoms with van der Waals surface area (Å²) in [5.74, 6) is -1.20. The molecule has 0 saturated heterocycles. The van der Waals surface area contributed by atoms with E-state index in [4.69, 9.17) is 4.74 Å². The Morgan fingerprint density at radius 2 is 1.72 bits per heavy atom. The number of benzene rings is 2. The number of carbonyl (C=O) groups excluding carboxylic acids is 1. The van der Waals surface area contributed by atoms with E-state index in [1.807, 2.05) is 54.6 Å². The highest BCUT2D eigenvalue weighted by Gasteiger charge is 2.12. The molecule has 130 valence electrons. The van der Waals surface area contributed by atoms with E-state index >= 15 is 0 Å². The lowest BCUT2D eigenvalue weighted by Crippen LogP contribution is -2.28. The maximum atomic E-state index is 11.8. The highest BCUT2D eigenvalue weighted by atomic mass is 79.9. The summed E-state index contributed by atoms with van der Waals surface area (Å²) in [5, 5.41) is 11.5. The molecule has 0 aliphatic carbocycles. The van der Waals surface area contributed by atoms with E-state index < -0.39 is 12.1 Å². The van der Waals surface area contributed by atoms with E-state index in [1.54, 1.807) is 0 Å². The lowest BCUT2D eigenvalue weighted by atomic mass is 10.1. The third-order valence-electron chi connectivity index (χ3n) is 3.37. The Morgan fingerprint density at radius 3 is 2.36 bits per heavy atom. The van der Waals surface area contributed by atoms with Gasteiger partial charge in [0.1, 0.15) is 12.3 Å². The zero-order valence-electron chi connectivity index (χ0n) is 13.4. The highest BCUT2D eigenvalue weighted by Crippen LogP contribution is 2.12. The van der Waals surface area contributed by atoms with Crippen molar-refractivity contribution in [1.82, 2.24) is 5.32 Å². The van der Waals surface area contributed by atoms with E-state index in [9.17, 15) is 14.7 Å². The lowest BCUT2D eigenvalue weighted by molar-refractivity contribution is -0.133. The summed E-state index contributed by atoms with van der Waals surface area (Å²) in [6.07, 6.45) is 1.85. The average molecular weight is 404 g/mol. The number of carbonyl (C=O) groups is 2. The number of aliphatic carboxylic acids is 1. The van der Waals surface area contributed by atoms with Gasteiger partial charge in [-0.05, 0) is 36.1 Å². The van der Waals surface area contributed by atoms with Crippen molar-refractivity contribution in [2.45, 2.75) is 19.4 Å². The first kappa shape index (κ1) is 18.7. The van der Waals surface area contributed by atoms with Crippen molar-refractivity contribution in [3.8, 4) is 0 Å². The Hall–Kier alpha value is -2.60. The molecular weight excluding hydrogens is 386 g/mol. The Balaban J connectivity index is 1.85. The van der Waals surface area contributed by atoms with Crippen LogP contribution in [0, 0.1) is 0 Å². The fraction of sp³-hybridized carbons (Fsp3) is 0.158. The van der Waals surface area contributed by atoms with Gasteiger partial charge in [0.25, 0.3) is 0 Å². The largest absolute Gasteiger partial charge is 0.477 e. The van der Waals surface area contributed by atoms with Crippen LogP contribution in [0.2, 0.25) is 0 Å². The van der Waals surface area contributed by atoms with E-state index in [2.05, 4.69) is 21.2 Å². The number of halogens is 1. The number of carboxylic acid groups (broad SMARTS) is 1. The van der Waals surface area contributed by atoms with Crippen molar-refractivity contribution in [3.63, 3.8) is 0 Å². The van der Waals surface area contributed by atoms with Crippen molar-refractivity contribution in [1.29, 1.82) is 0 Å². The lowest BCUT2D eigenvalue weighted by Gasteiger charge is -2.08. The van der Waals surface area contributed by atoms with Crippen LogP contribution in [0.3, 0.4) is 0 Å². The average Bonchev–Trinajstić information content (AvgIpc) is 2.61. The van der Waals surface area contributed by atoms with Crippen LogP contribution in [0.5, 0.6) is 0 Å². The number of aryl methyl sites for hydroxylation is 1. The summed E-state index contributed by atoms with van der Waals surface area (Å²) in [5.41, 5.74) is 1.72. The fourth-order valence-corrected chi connectivity index (χ4v) is 2.36. The monoisotopic (exact) mass is 403 g/mol. The number of hydrogen-bond donors (Lipinski definition) is 2. The van der Waals surface area contributed by atoms with Crippen LogP contribution in [0.25, 0.3) is 0 Å². The molecule has 0 bridgehead atoms. The van der Waals surface area contributed by atoms with Crippen molar-refractivity contribution in [2.75, 3.05) is 0 Å². The smallest absolute Gasteiger partial charge is 0.412 e. The van der Waals surface area contributed by atoms with Crippen LogP contribution >= 0.6 is 15.9 Å². The van der Waals surface area contributed by atoms with Crippen LogP contribution in [0.1, 0.15) is 17.5 Å². The Morgan fingerprint density at radius 1 is 1.04 bits per heavy atom. The molecule has 0 spiro atoms. The molecular formula is C19H18BrNO4. The first-order valence-corrected chi connectivity index (χ1v) is 8.49. The van der Waals surface area contributed by atoms with Gasteiger partial charge in [-0.15, -0.1) is 0 Å². The third kappa shape index (κ3) is 6.81. The normalized spacial score (nSPS) is 11.0. The summed E-state index contributed by atoms with van der Waals surface area (Å²) in [6, 6.07) is 16.9. The van der Waals surface area contributed by atoms with Gasteiger partial charge < -0.3 is 9.84 Å². The third-order valence-corrected chi connectivity index (χ3v) is 3.90. The molecule has 0 aliphatic rings. The predicted molar refractivity (Wildman–Crippen MR) is 97.9 cm³/mol. The second kappa shape index (κ2) is 9.64. The molecule has 0 heterocycles. The van der Waals surface area contributed by atoms with Crippen molar-refractivity contribution >= 4 is 28.0 Å². The van der Waals surface area contributed by atoms with Gasteiger partial charge in [0.2, 0.25) is 0 Å². The van der Waals surface area contributed by atoms with Gasteiger partial charge >= 0.3 is 12.1 Å². The predicted octanol–water partition coefficient (Wildman–Crippen LogP) is 4.28. The summed E-state index contributed by atoms with van der Waals surface area (Å²) in [7, 11) is 0. The summed E-state index contributed by atoms with van der Waals surface area (Å²) in [4.78, 5) is 23.0. The van der Waals surface area contributed by atoms with E-state index in [1.165, 1.54) is 6.08 Å². The van der Waals surface area contributed by atoms with Crippen molar-refractivity contribution < 1.29 is 19.4 Å². The quantitative estimate of drug-likeness (QED) is 0.676. The Bertz CT molecular complexity index is 742. The molecule has 0 fully saturated rings. The molecule has 1 amide bonds. The van der Waals surface area contributed by atoms with Gasteiger partial charge in [0, 0.05) is 4.47 Å². The number of alkyl carbamates (subject to hydrolysis) is 1. The molecule has 0 saturated carbocycles. The topological polar surface area (TPSA) is 75.6 Å². The molecule has 5 nitrogen and oxygen atoms in total. The molecule has 0 unspecified atom stereocenters. The van der Waals surface area contributed by atoms with E-state index in [0.29, 0.717) is 12.8 Å². The van der Waals surface area contributed by atoms with E-state index in [-0.39, 0.29) is 12.3 Å². The van der Waals surface area contributed by atoms with Gasteiger partial charge in [0.05, 0.1) is 0 Å². The summed E-state index contributed by atoms with van der Waals surface area (Å²) >= 11 is 3.36. The first-order valence-electron chi connectivity index (χ1n) is 7.70. The summed E-state index contributed by atoms with van der Waals surface area (Å²) < 4.78 is 6.01. The minimum absolute atomic E-state index is 0.0818. The molecule has 0 atom stereocenters. The Kier molecular flexibility index (Phi) is 7.22. The molecule has 0 aromatic heterocycles. The van der Waals surface area contributed by atoms with Gasteiger partial charge in [-0.2, -0.15) is 0 Å². The minimum atomic E-state index is -1.20. The standard InChI is InChI=1S/C19H18BrNO4/c20-16-11-9-14(10-12-16)7-4-8-17(18(22)23)21-19(24)25-13-15-5-2-1-3-6-15/h1-3,5-6,8-12H,4,7,13H2,(H,21,24)(H,22,23)/b17-8-. The van der Waals surface area contributed by atoms with Crippen molar-refractivity contribution in [3.05, 3.63) is 82.0 Å². The number of rotatable bonds is 7. The van der Waals surface area contributed by atoms with Gasteiger partial charge in [0.15, 0.2) is 0 Å². The molecule has 25 heavy (non-hydrogen) atoms. The number of allylic oxidation sites excluding steroid dienone is 1. The number of hydrogen-bond acceptors (Lipinski definition) is 3. The summed E-state index contributed by atoms with van der Waals surface area (Å²) in [6.45, 7) is 0.0818. The molecule has 2 aromatic carbocycles.